The number of benzene rings is 1. The molecule has 0 aliphatic carbocycles. The number of carbonyl (C=O) groups is 1. The summed E-state index contributed by atoms with van der Waals surface area (Å²) in [6.07, 6.45) is 0.744. The Kier molecular flexibility index (Phi) is 4.65. The Morgan fingerprint density at radius 3 is 1.61 bits per heavy atom. The van der Waals surface area contributed by atoms with Crippen molar-refractivity contribution in [2.75, 3.05) is 51.3 Å². The van der Waals surface area contributed by atoms with E-state index in [1.165, 1.54) is 7.11 Å². The number of nitrogens with one attached hydrogen (secondary N) is 3. The van der Waals surface area contributed by atoms with Crippen molar-refractivity contribution in [3.05, 3.63) is 5.56 Å². The van der Waals surface area contributed by atoms with E-state index in [1.54, 1.807) is 28.3 Å². The summed E-state index contributed by atoms with van der Waals surface area (Å²) in [6, 6.07) is 0. The fourth-order valence-electron chi connectivity index (χ4n) is 1.98. The molecule has 18 heavy (non-hydrogen) atoms. The van der Waals surface area contributed by atoms with Gasteiger partial charge in [-0.15, -0.1) is 0 Å². The number of hydrogen-bond acceptors (Lipinski definition) is 6. The third-order valence-electron chi connectivity index (χ3n) is 2.72. The minimum Gasteiger partial charge on any atom is -0.494 e. The zero-order chi connectivity index (χ0) is 13.7. The smallest absolute Gasteiger partial charge is 0.168 e. The van der Waals surface area contributed by atoms with Gasteiger partial charge in [-0.3, -0.25) is 4.79 Å². The van der Waals surface area contributed by atoms with Gasteiger partial charge in [-0.1, -0.05) is 0 Å². The monoisotopic (exact) mass is 253 g/mol. The lowest BCUT2D eigenvalue weighted by molar-refractivity contribution is 0.112. The predicted octanol–water partition coefficient (Wildman–Crippen LogP) is 1.64. The molecule has 0 radical (unpaired) electrons. The fourth-order valence-corrected chi connectivity index (χ4v) is 1.98. The normalized spacial score (nSPS) is 9.61. The molecule has 1 aromatic rings. The van der Waals surface area contributed by atoms with Gasteiger partial charge in [0.2, 0.25) is 0 Å². The van der Waals surface area contributed by atoms with E-state index in [2.05, 4.69) is 16.0 Å². The molecule has 0 saturated heterocycles. The van der Waals surface area contributed by atoms with E-state index in [0.29, 0.717) is 28.4 Å². The Labute approximate surface area is 107 Å². The van der Waals surface area contributed by atoms with Crippen molar-refractivity contribution in [2.45, 2.75) is 0 Å². The van der Waals surface area contributed by atoms with Gasteiger partial charge < -0.3 is 25.4 Å². The Hall–Kier alpha value is -2.11. The molecule has 0 aromatic heterocycles. The number of methoxy groups -OCH3 is 2. The van der Waals surface area contributed by atoms with E-state index >= 15 is 0 Å². The molecule has 0 bridgehead atoms. The van der Waals surface area contributed by atoms with E-state index in [9.17, 15) is 4.79 Å². The van der Waals surface area contributed by atoms with Gasteiger partial charge in [-0.25, -0.2) is 0 Å². The van der Waals surface area contributed by atoms with Crippen LogP contribution in [0.1, 0.15) is 10.4 Å². The van der Waals surface area contributed by atoms with E-state index in [-0.39, 0.29) is 0 Å². The van der Waals surface area contributed by atoms with Crippen molar-refractivity contribution < 1.29 is 14.3 Å². The van der Waals surface area contributed by atoms with Gasteiger partial charge >= 0.3 is 0 Å². The average molecular weight is 253 g/mol. The third-order valence-corrected chi connectivity index (χ3v) is 2.72. The fraction of sp³-hybridized carbons (Fsp3) is 0.417. The molecule has 1 rings (SSSR count). The molecule has 0 aliphatic rings. The molecular weight excluding hydrogens is 234 g/mol. The minimum atomic E-state index is 0.417. The molecule has 0 aliphatic heterocycles. The van der Waals surface area contributed by atoms with Crippen LogP contribution in [-0.4, -0.2) is 41.6 Å². The van der Waals surface area contributed by atoms with Crippen LogP contribution in [0.5, 0.6) is 11.5 Å². The summed E-state index contributed by atoms with van der Waals surface area (Å²) in [4.78, 5) is 11.3. The first kappa shape index (κ1) is 14.0. The van der Waals surface area contributed by atoms with E-state index in [4.69, 9.17) is 9.47 Å². The average Bonchev–Trinajstić information content (AvgIpc) is 2.43. The number of aldehydes is 1. The van der Waals surface area contributed by atoms with Crippen molar-refractivity contribution in [3.63, 3.8) is 0 Å². The number of carbonyl (C=O) groups excluding carboxylic acids is 1. The Morgan fingerprint density at radius 1 is 0.833 bits per heavy atom. The first-order chi connectivity index (χ1) is 8.69. The Balaban J connectivity index is 3.77. The number of ether oxygens (including phenoxy) is 2. The topological polar surface area (TPSA) is 71.6 Å². The summed E-state index contributed by atoms with van der Waals surface area (Å²) in [5.41, 5.74) is 2.41. The van der Waals surface area contributed by atoms with E-state index < -0.39 is 0 Å². The van der Waals surface area contributed by atoms with Crippen molar-refractivity contribution >= 4 is 23.3 Å². The lowest BCUT2D eigenvalue weighted by Gasteiger charge is -2.22. The van der Waals surface area contributed by atoms with Crippen LogP contribution in [0.3, 0.4) is 0 Å². The molecule has 0 amide bonds. The second-order valence-electron chi connectivity index (χ2n) is 3.47. The molecule has 0 atom stereocenters. The van der Waals surface area contributed by atoms with Crippen molar-refractivity contribution in [2.24, 2.45) is 0 Å². The van der Waals surface area contributed by atoms with Crippen LogP contribution in [0.15, 0.2) is 0 Å². The van der Waals surface area contributed by atoms with Gasteiger partial charge in [-0.05, 0) is 0 Å². The molecule has 6 nitrogen and oxygen atoms in total. The molecule has 1 aromatic carbocycles. The maximum Gasteiger partial charge on any atom is 0.168 e. The summed E-state index contributed by atoms with van der Waals surface area (Å²) < 4.78 is 10.7. The predicted molar refractivity (Wildman–Crippen MR) is 73.6 cm³/mol. The quantitative estimate of drug-likeness (QED) is 0.669. The Morgan fingerprint density at radius 2 is 1.28 bits per heavy atom. The lowest BCUT2D eigenvalue weighted by Crippen LogP contribution is -2.08. The largest absolute Gasteiger partial charge is 0.494 e. The molecule has 3 N–H and O–H groups in total. The van der Waals surface area contributed by atoms with E-state index in [1.807, 2.05) is 0 Å². The van der Waals surface area contributed by atoms with Gasteiger partial charge in [-0.2, -0.15) is 0 Å². The lowest BCUT2D eigenvalue weighted by atomic mass is 10.1. The summed E-state index contributed by atoms with van der Waals surface area (Å²) in [6.45, 7) is 0. The highest BCUT2D eigenvalue weighted by Gasteiger charge is 2.23. The number of anilines is 3. The van der Waals surface area contributed by atoms with Crippen LogP contribution in [0, 0.1) is 0 Å². The van der Waals surface area contributed by atoms with Gasteiger partial charge in [0.25, 0.3) is 0 Å². The molecule has 0 saturated carbocycles. The van der Waals surface area contributed by atoms with Crippen LogP contribution >= 0.6 is 0 Å². The van der Waals surface area contributed by atoms with Gasteiger partial charge in [0.15, 0.2) is 17.8 Å². The second-order valence-corrected chi connectivity index (χ2v) is 3.47. The second kappa shape index (κ2) is 6.00. The third kappa shape index (κ3) is 2.01. The minimum absolute atomic E-state index is 0.417. The first-order valence-corrected chi connectivity index (χ1v) is 5.50. The molecule has 0 unspecified atom stereocenters. The van der Waals surface area contributed by atoms with Crippen LogP contribution in [0.25, 0.3) is 0 Å². The highest BCUT2D eigenvalue weighted by Crippen LogP contribution is 2.48. The standard InChI is InChI=1S/C12H19N3O3/c1-13-8-7(6-16)11(17-4)9(14-2)10(15-3)12(8)18-5/h6,13-15H,1-5H3. The molecular formula is C12H19N3O3. The van der Waals surface area contributed by atoms with Gasteiger partial charge in [0.05, 0.1) is 25.5 Å². The van der Waals surface area contributed by atoms with Crippen molar-refractivity contribution in [1.82, 2.24) is 0 Å². The summed E-state index contributed by atoms with van der Waals surface area (Å²) in [7, 11) is 8.33. The summed E-state index contributed by atoms with van der Waals surface area (Å²) >= 11 is 0. The maximum atomic E-state index is 11.3. The van der Waals surface area contributed by atoms with Crippen LogP contribution in [0.4, 0.5) is 17.1 Å². The molecule has 0 fully saturated rings. The summed E-state index contributed by atoms with van der Waals surface area (Å²) in [5, 5.41) is 9.02. The van der Waals surface area contributed by atoms with Crippen LogP contribution < -0.4 is 25.4 Å². The zero-order valence-electron chi connectivity index (χ0n) is 11.3. The number of hydrogen-bond donors (Lipinski definition) is 3. The molecule has 100 valence electrons. The highest BCUT2D eigenvalue weighted by atomic mass is 16.5. The molecule has 0 heterocycles. The molecule has 0 spiro atoms. The van der Waals surface area contributed by atoms with Gasteiger partial charge in [0, 0.05) is 21.1 Å². The van der Waals surface area contributed by atoms with Crippen LogP contribution in [0.2, 0.25) is 0 Å². The van der Waals surface area contributed by atoms with Crippen molar-refractivity contribution in [1.29, 1.82) is 0 Å². The first-order valence-electron chi connectivity index (χ1n) is 5.50. The van der Waals surface area contributed by atoms with Crippen LogP contribution in [-0.2, 0) is 0 Å². The van der Waals surface area contributed by atoms with Gasteiger partial charge in [0.1, 0.15) is 11.4 Å². The maximum absolute atomic E-state index is 11.3. The SMILES string of the molecule is CNc1c(NC)c(OC)c(NC)c(C=O)c1OC. The number of rotatable bonds is 6. The highest BCUT2D eigenvalue weighted by molar-refractivity contribution is 6.01. The summed E-state index contributed by atoms with van der Waals surface area (Å²) in [5.74, 6) is 1.04. The van der Waals surface area contributed by atoms with Crippen molar-refractivity contribution in [3.8, 4) is 11.5 Å². The molecule has 6 heteroatoms. The Bertz CT molecular complexity index is 414. The van der Waals surface area contributed by atoms with E-state index in [0.717, 1.165) is 12.0 Å². The zero-order valence-corrected chi connectivity index (χ0v) is 11.3.